The molecule has 0 aliphatic heterocycles. The van der Waals surface area contributed by atoms with Crippen LogP contribution in [0.1, 0.15) is 23.6 Å². The molecule has 4 heteroatoms. The third kappa shape index (κ3) is 5.61. The van der Waals surface area contributed by atoms with Crippen LogP contribution in [0.25, 0.3) is 0 Å². The van der Waals surface area contributed by atoms with Gasteiger partial charge < -0.3 is 14.8 Å². The van der Waals surface area contributed by atoms with Crippen molar-refractivity contribution in [2.75, 3.05) is 13.2 Å². The van der Waals surface area contributed by atoms with Crippen LogP contribution in [-0.2, 0) is 4.79 Å². The second kappa shape index (κ2) is 8.39. The predicted octanol–water partition coefficient (Wildman–Crippen LogP) is 3.57. The number of rotatable bonds is 7. The van der Waals surface area contributed by atoms with Crippen molar-refractivity contribution in [3.8, 4) is 11.5 Å². The van der Waals surface area contributed by atoms with E-state index in [-0.39, 0.29) is 5.91 Å². The van der Waals surface area contributed by atoms with Crippen molar-refractivity contribution in [2.24, 2.45) is 0 Å². The highest BCUT2D eigenvalue weighted by Crippen LogP contribution is 2.17. The minimum Gasteiger partial charge on any atom is -0.492 e. The first-order valence-corrected chi connectivity index (χ1v) is 8.16. The summed E-state index contributed by atoms with van der Waals surface area (Å²) < 4.78 is 11.3. The second-order valence-electron chi connectivity index (χ2n) is 6.04. The van der Waals surface area contributed by atoms with E-state index in [0.717, 1.165) is 16.9 Å². The fraction of sp³-hybridized carbons (Fsp3) is 0.350. The first-order valence-electron chi connectivity index (χ1n) is 8.16. The highest BCUT2D eigenvalue weighted by Gasteiger charge is 2.14. The maximum absolute atomic E-state index is 12.1. The summed E-state index contributed by atoms with van der Waals surface area (Å²) in [6.45, 7) is 8.65. The summed E-state index contributed by atoms with van der Waals surface area (Å²) in [5.41, 5.74) is 3.42. The third-order valence-corrected chi connectivity index (χ3v) is 3.57. The molecule has 24 heavy (non-hydrogen) atoms. The van der Waals surface area contributed by atoms with E-state index in [1.165, 1.54) is 5.56 Å². The van der Waals surface area contributed by atoms with Gasteiger partial charge in [0.25, 0.3) is 5.91 Å². The van der Waals surface area contributed by atoms with E-state index in [9.17, 15) is 4.79 Å². The highest BCUT2D eigenvalue weighted by molar-refractivity contribution is 5.80. The van der Waals surface area contributed by atoms with Gasteiger partial charge in [0.1, 0.15) is 18.1 Å². The van der Waals surface area contributed by atoms with E-state index in [1.807, 2.05) is 57.2 Å². The van der Waals surface area contributed by atoms with E-state index < -0.39 is 6.10 Å². The maximum atomic E-state index is 12.1. The smallest absolute Gasteiger partial charge is 0.260 e. The van der Waals surface area contributed by atoms with E-state index in [1.54, 1.807) is 6.92 Å². The summed E-state index contributed by atoms with van der Waals surface area (Å²) in [5, 5.41) is 2.82. The molecule has 2 aromatic carbocycles. The maximum Gasteiger partial charge on any atom is 0.260 e. The first-order chi connectivity index (χ1) is 11.4. The number of amides is 1. The molecule has 1 atom stereocenters. The summed E-state index contributed by atoms with van der Waals surface area (Å²) in [6, 6.07) is 13.8. The number of ether oxygens (including phenoxy) is 2. The van der Waals surface area contributed by atoms with Gasteiger partial charge in [-0.2, -0.15) is 0 Å². The van der Waals surface area contributed by atoms with E-state index in [0.29, 0.717) is 18.9 Å². The molecule has 0 radical (unpaired) electrons. The number of aryl methyl sites for hydroxylation is 3. The van der Waals surface area contributed by atoms with Crippen LogP contribution in [0.3, 0.4) is 0 Å². The molecule has 2 aromatic rings. The van der Waals surface area contributed by atoms with Crippen molar-refractivity contribution in [1.82, 2.24) is 5.32 Å². The van der Waals surface area contributed by atoms with Gasteiger partial charge in [-0.25, -0.2) is 0 Å². The highest BCUT2D eigenvalue weighted by atomic mass is 16.5. The van der Waals surface area contributed by atoms with Gasteiger partial charge in [0.05, 0.1) is 6.54 Å². The van der Waals surface area contributed by atoms with Crippen molar-refractivity contribution >= 4 is 5.91 Å². The lowest BCUT2D eigenvalue weighted by atomic mass is 10.1. The van der Waals surface area contributed by atoms with Crippen molar-refractivity contribution in [2.45, 2.75) is 33.8 Å². The van der Waals surface area contributed by atoms with Crippen LogP contribution >= 0.6 is 0 Å². The van der Waals surface area contributed by atoms with Gasteiger partial charge in [-0.15, -0.1) is 0 Å². The average Bonchev–Trinajstić information content (AvgIpc) is 2.52. The van der Waals surface area contributed by atoms with Crippen LogP contribution in [0.2, 0.25) is 0 Å². The van der Waals surface area contributed by atoms with Crippen LogP contribution in [-0.4, -0.2) is 25.2 Å². The molecule has 0 spiro atoms. The molecular weight excluding hydrogens is 302 g/mol. The zero-order valence-electron chi connectivity index (χ0n) is 14.8. The van der Waals surface area contributed by atoms with Gasteiger partial charge in [-0.1, -0.05) is 23.8 Å². The van der Waals surface area contributed by atoms with E-state index in [2.05, 4.69) is 11.4 Å². The Morgan fingerprint density at radius 3 is 2.21 bits per heavy atom. The van der Waals surface area contributed by atoms with Crippen LogP contribution in [0.15, 0.2) is 42.5 Å². The summed E-state index contributed by atoms with van der Waals surface area (Å²) in [6.07, 6.45) is -0.550. The van der Waals surface area contributed by atoms with Crippen LogP contribution < -0.4 is 14.8 Å². The molecule has 0 aliphatic rings. The molecular formula is C20H25NO3. The van der Waals surface area contributed by atoms with Crippen LogP contribution in [0.4, 0.5) is 0 Å². The normalized spacial score (nSPS) is 11.7. The van der Waals surface area contributed by atoms with Gasteiger partial charge in [0, 0.05) is 0 Å². The Bertz CT molecular complexity index is 660. The largest absolute Gasteiger partial charge is 0.492 e. The molecule has 1 amide bonds. The van der Waals surface area contributed by atoms with E-state index >= 15 is 0 Å². The Labute approximate surface area is 143 Å². The van der Waals surface area contributed by atoms with Crippen molar-refractivity contribution in [3.63, 3.8) is 0 Å². The van der Waals surface area contributed by atoms with Gasteiger partial charge in [0.2, 0.25) is 0 Å². The van der Waals surface area contributed by atoms with Crippen molar-refractivity contribution < 1.29 is 14.3 Å². The molecule has 128 valence electrons. The Kier molecular flexibility index (Phi) is 6.24. The number of hydrogen-bond acceptors (Lipinski definition) is 3. The average molecular weight is 327 g/mol. The van der Waals surface area contributed by atoms with Gasteiger partial charge in [0.15, 0.2) is 6.10 Å². The number of nitrogens with one attached hydrogen (secondary N) is 1. The molecule has 0 aliphatic carbocycles. The molecule has 0 heterocycles. The molecule has 2 rings (SSSR count). The Morgan fingerprint density at radius 2 is 1.58 bits per heavy atom. The van der Waals surface area contributed by atoms with Gasteiger partial charge in [-0.05, 0) is 63.1 Å². The number of carbonyl (C=O) groups is 1. The monoisotopic (exact) mass is 327 g/mol. The topological polar surface area (TPSA) is 47.6 Å². The third-order valence-electron chi connectivity index (χ3n) is 3.57. The Balaban J connectivity index is 1.74. The van der Waals surface area contributed by atoms with Gasteiger partial charge in [-0.3, -0.25) is 4.79 Å². The predicted molar refractivity (Wildman–Crippen MR) is 95.7 cm³/mol. The summed E-state index contributed by atoms with van der Waals surface area (Å²) in [5.74, 6) is 1.36. The van der Waals surface area contributed by atoms with Crippen LogP contribution in [0.5, 0.6) is 11.5 Å². The molecule has 0 aromatic heterocycles. The molecule has 4 nitrogen and oxygen atoms in total. The lowest BCUT2D eigenvalue weighted by Crippen LogP contribution is -2.38. The molecule has 1 N–H and O–H groups in total. The van der Waals surface area contributed by atoms with Gasteiger partial charge >= 0.3 is 0 Å². The lowest BCUT2D eigenvalue weighted by Gasteiger charge is -2.16. The Hall–Kier alpha value is -2.49. The minimum atomic E-state index is -0.550. The molecule has 0 unspecified atom stereocenters. The summed E-state index contributed by atoms with van der Waals surface area (Å²) in [7, 11) is 0. The second-order valence-corrected chi connectivity index (χ2v) is 6.04. The zero-order valence-corrected chi connectivity index (χ0v) is 14.8. The molecule has 0 saturated heterocycles. The molecule has 0 fully saturated rings. The Morgan fingerprint density at radius 1 is 0.958 bits per heavy atom. The lowest BCUT2D eigenvalue weighted by molar-refractivity contribution is -0.127. The summed E-state index contributed by atoms with van der Waals surface area (Å²) in [4.78, 5) is 12.1. The standard InChI is InChI=1S/C20H25NO3/c1-14-5-7-18(8-6-14)23-10-9-21-20(22)17(4)24-19-12-15(2)11-16(3)13-19/h5-8,11-13,17H,9-10H2,1-4H3,(H,21,22)/t17-/m1/s1. The fourth-order valence-electron chi connectivity index (χ4n) is 2.38. The van der Waals surface area contributed by atoms with Crippen molar-refractivity contribution in [1.29, 1.82) is 0 Å². The fourth-order valence-corrected chi connectivity index (χ4v) is 2.38. The number of hydrogen-bond donors (Lipinski definition) is 1. The zero-order chi connectivity index (χ0) is 17.5. The first kappa shape index (κ1) is 17.9. The summed E-state index contributed by atoms with van der Waals surface area (Å²) >= 11 is 0. The minimum absolute atomic E-state index is 0.151. The van der Waals surface area contributed by atoms with Crippen molar-refractivity contribution in [3.05, 3.63) is 59.2 Å². The van der Waals surface area contributed by atoms with Crippen LogP contribution in [0, 0.1) is 20.8 Å². The number of carbonyl (C=O) groups excluding carboxylic acids is 1. The number of benzene rings is 2. The SMILES string of the molecule is Cc1ccc(OCCNC(=O)[C@@H](C)Oc2cc(C)cc(C)c2)cc1. The molecule has 0 bridgehead atoms. The molecule has 0 saturated carbocycles. The van der Waals surface area contributed by atoms with E-state index in [4.69, 9.17) is 9.47 Å². The quantitative estimate of drug-likeness (QED) is 0.791.